The molecule has 0 aliphatic carbocycles. The van der Waals surface area contributed by atoms with Crippen LogP contribution in [0.25, 0.3) is 0 Å². The number of rotatable bonds is 4. The fourth-order valence-corrected chi connectivity index (χ4v) is 2.12. The quantitative estimate of drug-likeness (QED) is 0.783. The summed E-state index contributed by atoms with van der Waals surface area (Å²) in [5.74, 6) is 0.0170. The number of nitrogens with zero attached hydrogens (tertiary/aromatic N) is 4. The van der Waals surface area contributed by atoms with Gasteiger partial charge in [0.2, 0.25) is 16.0 Å². The van der Waals surface area contributed by atoms with Gasteiger partial charge in [-0.05, 0) is 6.92 Å². The Morgan fingerprint density at radius 3 is 2.37 bits per heavy atom. The normalized spacial score (nSPS) is 11.4. The van der Waals surface area contributed by atoms with Gasteiger partial charge in [0.05, 0.1) is 36.5 Å². The van der Waals surface area contributed by atoms with Gasteiger partial charge in [0.25, 0.3) is 0 Å². The van der Waals surface area contributed by atoms with Gasteiger partial charge in [0.15, 0.2) is 0 Å². The van der Waals surface area contributed by atoms with Crippen molar-refractivity contribution in [3.63, 3.8) is 0 Å². The van der Waals surface area contributed by atoms with E-state index in [-0.39, 0.29) is 17.4 Å². The van der Waals surface area contributed by atoms with Gasteiger partial charge in [-0.1, -0.05) is 0 Å². The van der Waals surface area contributed by atoms with E-state index in [9.17, 15) is 8.42 Å². The van der Waals surface area contributed by atoms with Crippen LogP contribution in [0.5, 0.6) is 0 Å². The Labute approximate surface area is 110 Å². The molecule has 0 unspecified atom stereocenters. The highest BCUT2D eigenvalue weighted by atomic mass is 32.2. The van der Waals surface area contributed by atoms with Crippen molar-refractivity contribution in [2.45, 2.75) is 18.4 Å². The number of aryl methyl sites for hydroxylation is 1. The van der Waals surface area contributed by atoms with Gasteiger partial charge >= 0.3 is 0 Å². The van der Waals surface area contributed by atoms with E-state index in [1.54, 1.807) is 13.1 Å². The molecule has 2 rings (SSSR count). The van der Waals surface area contributed by atoms with Crippen molar-refractivity contribution < 1.29 is 8.42 Å². The van der Waals surface area contributed by atoms with E-state index in [1.165, 1.54) is 6.20 Å². The summed E-state index contributed by atoms with van der Waals surface area (Å²) in [5, 5.41) is 0. The molecule has 0 aliphatic rings. The summed E-state index contributed by atoms with van der Waals surface area (Å²) >= 11 is 0. The van der Waals surface area contributed by atoms with Crippen LogP contribution in [-0.2, 0) is 16.6 Å². The second-order valence-corrected chi connectivity index (χ2v) is 5.52. The first-order valence-corrected chi connectivity index (χ1v) is 6.80. The highest BCUT2D eigenvalue weighted by Gasteiger charge is 2.14. The zero-order valence-electron chi connectivity index (χ0n) is 10.1. The molecule has 3 N–H and O–H groups in total. The van der Waals surface area contributed by atoms with E-state index in [4.69, 9.17) is 5.73 Å². The molecule has 9 heteroatoms. The van der Waals surface area contributed by atoms with Gasteiger partial charge in [-0.2, -0.15) is 0 Å². The lowest BCUT2D eigenvalue weighted by atomic mass is 10.4. The summed E-state index contributed by atoms with van der Waals surface area (Å²) in [7, 11) is -3.68. The predicted molar refractivity (Wildman–Crippen MR) is 67.2 cm³/mol. The van der Waals surface area contributed by atoms with Gasteiger partial charge in [-0.3, -0.25) is 9.97 Å². The molecule has 0 saturated heterocycles. The van der Waals surface area contributed by atoms with E-state index < -0.39 is 10.0 Å². The standard InChI is InChI=1S/C10H12N6O2S/c1-7-2-13-8(3-12-7)4-16-19(17,18)9-5-14-10(11)15-6-9/h2-3,5-6,16H,4H2,1H3,(H2,11,14,15). The molecule has 0 atom stereocenters. The third kappa shape index (κ3) is 3.42. The number of nitrogens with one attached hydrogen (secondary N) is 1. The van der Waals surface area contributed by atoms with Crippen LogP contribution in [-0.4, -0.2) is 28.4 Å². The molecular weight excluding hydrogens is 268 g/mol. The minimum absolute atomic E-state index is 0.0170. The van der Waals surface area contributed by atoms with Crippen molar-refractivity contribution >= 4 is 16.0 Å². The molecule has 2 aromatic heterocycles. The van der Waals surface area contributed by atoms with Crippen molar-refractivity contribution in [2.75, 3.05) is 5.73 Å². The molecule has 2 heterocycles. The highest BCUT2D eigenvalue weighted by molar-refractivity contribution is 7.89. The zero-order chi connectivity index (χ0) is 13.9. The Balaban J connectivity index is 2.09. The fourth-order valence-electron chi connectivity index (χ4n) is 1.23. The first-order chi connectivity index (χ1) is 8.97. The maximum absolute atomic E-state index is 11.9. The molecule has 0 bridgehead atoms. The summed E-state index contributed by atoms with van der Waals surface area (Å²) in [6.07, 6.45) is 5.37. The van der Waals surface area contributed by atoms with Gasteiger partial charge in [-0.25, -0.2) is 23.1 Å². The molecule has 19 heavy (non-hydrogen) atoms. The average molecular weight is 280 g/mol. The molecule has 2 aromatic rings. The maximum atomic E-state index is 11.9. The van der Waals surface area contributed by atoms with Gasteiger partial charge in [0, 0.05) is 6.20 Å². The monoisotopic (exact) mass is 280 g/mol. The topological polar surface area (TPSA) is 124 Å². The second kappa shape index (κ2) is 5.24. The first-order valence-electron chi connectivity index (χ1n) is 5.32. The Morgan fingerprint density at radius 2 is 1.79 bits per heavy atom. The Morgan fingerprint density at radius 1 is 1.11 bits per heavy atom. The lowest BCUT2D eigenvalue weighted by Crippen LogP contribution is -2.24. The lowest BCUT2D eigenvalue weighted by Gasteiger charge is -2.05. The third-order valence-corrected chi connectivity index (χ3v) is 3.59. The van der Waals surface area contributed by atoms with Crippen LogP contribution < -0.4 is 10.5 Å². The Hall–Kier alpha value is -2.13. The van der Waals surface area contributed by atoms with Crippen LogP contribution in [0.1, 0.15) is 11.4 Å². The van der Waals surface area contributed by atoms with Crippen molar-refractivity contribution in [3.8, 4) is 0 Å². The number of aromatic nitrogens is 4. The largest absolute Gasteiger partial charge is 0.368 e. The van der Waals surface area contributed by atoms with Crippen LogP contribution in [0.2, 0.25) is 0 Å². The smallest absolute Gasteiger partial charge is 0.244 e. The summed E-state index contributed by atoms with van der Waals surface area (Å²) in [6, 6.07) is 0. The van der Waals surface area contributed by atoms with E-state index in [0.29, 0.717) is 5.69 Å². The molecule has 8 nitrogen and oxygen atoms in total. The number of hydrogen-bond donors (Lipinski definition) is 2. The van der Waals surface area contributed by atoms with Gasteiger partial charge < -0.3 is 5.73 Å². The number of nitrogen functional groups attached to an aromatic ring is 1. The number of anilines is 1. The molecule has 0 saturated carbocycles. The summed E-state index contributed by atoms with van der Waals surface area (Å²) in [5.41, 5.74) is 6.57. The summed E-state index contributed by atoms with van der Waals surface area (Å²) in [6.45, 7) is 1.84. The van der Waals surface area contributed by atoms with E-state index in [2.05, 4.69) is 24.7 Å². The molecule has 100 valence electrons. The van der Waals surface area contributed by atoms with Crippen molar-refractivity contribution in [1.29, 1.82) is 0 Å². The molecule has 0 fully saturated rings. The van der Waals surface area contributed by atoms with E-state index in [0.717, 1.165) is 18.1 Å². The van der Waals surface area contributed by atoms with E-state index in [1.807, 2.05) is 0 Å². The van der Waals surface area contributed by atoms with Crippen LogP contribution >= 0.6 is 0 Å². The molecule has 0 radical (unpaired) electrons. The first kappa shape index (κ1) is 13.3. The summed E-state index contributed by atoms with van der Waals surface area (Å²) in [4.78, 5) is 15.3. The number of hydrogen-bond acceptors (Lipinski definition) is 7. The lowest BCUT2D eigenvalue weighted by molar-refractivity contribution is 0.579. The Kier molecular flexibility index (Phi) is 3.67. The minimum atomic E-state index is -3.68. The molecule has 0 amide bonds. The van der Waals surface area contributed by atoms with Crippen molar-refractivity contribution in [1.82, 2.24) is 24.7 Å². The number of sulfonamides is 1. The second-order valence-electron chi connectivity index (χ2n) is 3.75. The van der Waals surface area contributed by atoms with Crippen LogP contribution in [0, 0.1) is 6.92 Å². The maximum Gasteiger partial charge on any atom is 0.244 e. The van der Waals surface area contributed by atoms with Gasteiger partial charge in [0.1, 0.15) is 4.90 Å². The Bertz CT molecular complexity index is 653. The van der Waals surface area contributed by atoms with Crippen LogP contribution in [0.3, 0.4) is 0 Å². The molecule has 0 aromatic carbocycles. The van der Waals surface area contributed by atoms with E-state index >= 15 is 0 Å². The van der Waals surface area contributed by atoms with Crippen LogP contribution in [0.4, 0.5) is 5.95 Å². The zero-order valence-corrected chi connectivity index (χ0v) is 10.9. The SMILES string of the molecule is Cc1cnc(CNS(=O)(=O)c2cnc(N)nc2)cn1. The number of nitrogens with two attached hydrogens (primary N) is 1. The molecule has 0 aliphatic heterocycles. The fraction of sp³-hybridized carbons (Fsp3) is 0.200. The third-order valence-electron chi connectivity index (χ3n) is 2.24. The predicted octanol–water partition coefficient (Wildman–Crippen LogP) is -0.364. The van der Waals surface area contributed by atoms with Gasteiger partial charge in [-0.15, -0.1) is 0 Å². The molecular formula is C10H12N6O2S. The highest BCUT2D eigenvalue weighted by Crippen LogP contribution is 2.06. The molecule has 0 spiro atoms. The summed E-state index contributed by atoms with van der Waals surface area (Å²) < 4.78 is 26.2. The van der Waals surface area contributed by atoms with Crippen molar-refractivity contribution in [3.05, 3.63) is 36.2 Å². The average Bonchev–Trinajstić information content (AvgIpc) is 2.39. The van der Waals surface area contributed by atoms with Crippen LogP contribution in [0.15, 0.2) is 29.7 Å². The van der Waals surface area contributed by atoms with Crippen molar-refractivity contribution in [2.24, 2.45) is 0 Å². The minimum Gasteiger partial charge on any atom is -0.368 e.